The highest BCUT2D eigenvalue weighted by atomic mass is 19.1. The highest BCUT2D eigenvalue weighted by molar-refractivity contribution is 5.90. The molecule has 122 valence electrons. The Morgan fingerprint density at radius 1 is 1.12 bits per heavy atom. The van der Waals surface area contributed by atoms with Crippen LogP contribution in [0.1, 0.15) is 36.8 Å². The first-order valence-corrected chi connectivity index (χ1v) is 8.03. The van der Waals surface area contributed by atoms with Crippen LogP contribution in [-0.4, -0.2) is 6.03 Å². The van der Waals surface area contributed by atoms with Crippen LogP contribution in [0.3, 0.4) is 0 Å². The van der Waals surface area contributed by atoms with Gasteiger partial charge in [0.15, 0.2) is 0 Å². The summed E-state index contributed by atoms with van der Waals surface area (Å²) in [5.74, 6) is 2.27. The summed E-state index contributed by atoms with van der Waals surface area (Å²) in [6, 6.07) is 13.2. The zero-order chi connectivity index (χ0) is 17.0. The van der Waals surface area contributed by atoms with Gasteiger partial charge in [-0.2, -0.15) is 0 Å². The molecule has 0 unspecified atom stereocenters. The van der Waals surface area contributed by atoms with Crippen molar-refractivity contribution in [2.75, 3.05) is 5.32 Å². The van der Waals surface area contributed by atoms with Crippen LogP contribution in [0.4, 0.5) is 14.9 Å². The average Bonchev–Trinajstić information content (AvgIpc) is 3.05. The molecule has 0 radical (unpaired) electrons. The van der Waals surface area contributed by atoms with Crippen molar-refractivity contribution in [1.82, 2.24) is 5.32 Å². The summed E-state index contributed by atoms with van der Waals surface area (Å²) < 4.78 is 13.2. The lowest BCUT2D eigenvalue weighted by molar-refractivity contribution is 0.236. The van der Waals surface area contributed by atoms with Gasteiger partial charge in [-0.15, -0.1) is 6.42 Å². The van der Waals surface area contributed by atoms with Crippen LogP contribution in [0.25, 0.3) is 0 Å². The van der Waals surface area contributed by atoms with Crippen molar-refractivity contribution in [2.24, 2.45) is 0 Å². The molecule has 2 aromatic rings. The first kappa shape index (κ1) is 16.1. The molecule has 2 amide bonds. The maximum atomic E-state index is 13.2. The average molecular weight is 322 g/mol. The quantitative estimate of drug-likeness (QED) is 0.808. The lowest BCUT2D eigenvalue weighted by atomic mass is 9.88. The minimum Gasteiger partial charge on any atom is -0.328 e. The summed E-state index contributed by atoms with van der Waals surface area (Å²) in [4.78, 5) is 12.5. The molecule has 4 heteroatoms. The Morgan fingerprint density at radius 2 is 1.83 bits per heavy atom. The molecule has 0 spiro atoms. The van der Waals surface area contributed by atoms with E-state index >= 15 is 0 Å². The molecule has 0 atom stereocenters. The monoisotopic (exact) mass is 322 g/mol. The molecule has 0 bridgehead atoms. The van der Waals surface area contributed by atoms with Gasteiger partial charge in [0.2, 0.25) is 0 Å². The molecular weight excluding hydrogens is 303 g/mol. The number of anilines is 1. The Kier molecular flexibility index (Phi) is 4.52. The fraction of sp³-hybridized carbons (Fsp3) is 0.250. The van der Waals surface area contributed by atoms with Crippen molar-refractivity contribution in [1.29, 1.82) is 0 Å². The van der Waals surface area contributed by atoms with Gasteiger partial charge in [0.05, 0.1) is 5.54 Å². The number of rotatable bonds is 3. The van der Waals surface area contributed by atoms with Gasteiger partial charge in [-0.3, -0.25) is 0 Å². The molecule has 1 aliphatic carbocycles. The van der Waals surface area contributed by atoms with E-state index in [-0.39, 0.29) is 11.8 Å². The molecule has 1 saturated carbocycles. The van der Waals surface area contributed by atoms with E-state index in [2.05, 4.69) is 16.6 Å². The van der Waals surface area contributed by atoms with Crippen LogP contribution in [0.15, 0.2) is 48.5 Å². The fourth-order valence-corrected chi connectivity index (χ4v) is 3.30. The maximum absolute atomic E-state index is 13.2. The number of hydrogen-bond donors (Lipinski definition) is 2. The second-order valence-corrected chi connectivity index (χ2v) is 6.10. The van der Waals surface area contributed by atoms with E-state index < -0.39 is 5.54 Å². The number of urea groups is 1. The van der Waals surface area contributed by atoms with Crippen LogP contribution in [0.2, 0.25) is 0 Å². The number of benzene rings is 2. The molecule has 0 saturated heterocycles. The second kappa shape index (κ2) is 6.76. The Morgan fingerprint density at radius 3 is 2.50 bits per heavy atom. The van der Waals surface area contributed by atoms with Gasteiger partial charge in [-0.1, -0.05) is 37.0 Å². The molecule has 0 aromatic heterocycles. The van der Waals surface area contributed by atoms with E-state index in [0.717, 1.165) is 31.2 Å². The molecule has 3 rings (SSSR count). The summed E-state index contributed by atoms with van der Waals surface area (Å²) in [6.07, 6.45) is 9.13. The van der Waals surface area contributed by atoms with E-state index in [1.165, 1.54) is 12.1 Å². The largest absolute Gasteiger partial charge is 0.328 e. The lowest BCUT2D eigenvalue weighted by Crippen LogP contribution is -2.45. The first-order chi connectivity index (χ1) is 11.6. The predicted molar refractivity (Wildman–Crippen MR) is 93.1 cm³/mol. The smallest absolute Gasteiger partial charge is 0.319 e. The number of hydrogen-bond acceptors (Lipinski definition) is 1. The Hall–Kier alpha value is -2.80. The highest BCUT2D eigenvalue weighted by Gasteiger charge is 2.37. The molecule has 0 aliphatic heterocycles. The first-order valence-electron chi connectivity index (χ1n) is 8.03. The molecule has 1 fully saturated rings. The third kappa shape index (κ3) is 3.41. The summed E-state index contributed by atoms with van der Waals surface area (Å²) in [6.45, 7) is 0. The molecule has 1 aliphatic rings. The minimum absolute atomic E-state index is 0.276. The van der Waals surface area contributed by atoms with E-state index in [4.69, 9.17) is 6.42 Å². The minimum atomic E-state index is -0.443. The molecule has 2 aromatic carbocycles. The third-order valence-electron chi connectivity index (χ3n) is 4.49. The van der Waals surface area contributed by atoms with Gasteiger partial charge < -0.3 is 10.6 Å². The second-order valence-electron chi connectivity index (χ2n) is 6.10. The zero-order valence-electron chi connectivity index (χ0n) is 13.3. The van der Waals surface area contributed by atoms with Crippen LogP contribution >= 0.6 is 0 Å². The van der Waals surface area contributed by atoms with Crippen molar-refractivity contribution in [3.63, 3.8) is 0 Å². The SMILES string of the molecule is C#Cc1cccc(NC(=O)NC2(c3ccc(F)cc3)CCCC2)c1. The van der Waals surface area contributed by atoms with Crippen molar-refractivity contribution in [2.45, 2.75) is 31.2 Å². The van der Waals surface area contributed by atoms with E-state index in [0.29, 0.717) is 11.3 Å². The summed E-state index contributed by atoms with van der Waals surface area (Å²) >= 11 is 0. The zero-order valence-corrected chi connectivity index (χ0v) is 13.3. The number of amides is 2. The van der Waals surface area contributed by atoms with Crippen LogP contribution in [0, 0.1) is 18.2 Å². The normalized spacial score (nSPS) is 15.5. The lowest BCUT2D eigenvalue weighted by Gasteiger charge is -2.31. The predicted octanol–water partition coefficient (Wildman–Crippen LogP) is 4.40. The van der Waals surface area contributed by atoms with E-state index in [1.807, 2.05) is 0 Å². The third-order valence-corrected chi connectivity index (χ3v) is 4.49. The van der Waals surface area contributed by atoms with Gasteiger partial charge in [0.1, 0.15) is 5.82 Å². The number of carbonyl (C=O) groups is 1. The molecular formula is C20H19FN2O. The topological polar surface area (TPSA) is 41.1 Å². The summed E-state index contributed by atoms with van der Waals surface area (Å²) in [7, 11) is 0. The number of carbonyl (C=O) groups excluding carboxylic acids is 1. The van der Waals surface area contributed by atoms with Crippen molar-refractivity contribution in [3.8, 4) is 12.3 Å². The molecule has 3 nitrogen and oxygen atoms in total. The maximum Gasteiger partial charge on any atom is 0.319 e. The number of nitrogens with one attached hydrogen (secondary N) is 2. The van der Waals surface area contributed by atoms with Gasteiger partial charge >= 0.3 is 6.03 Å². The van der Waals surface area contributed by atoms with Gasteiger partial charge in [-0.05, 0) is 48.7 Å². The number of halogens is 1. The van der Waals surface area contributed by atoms with Gasteiger partial charge in [0, 0.05) is 11.3 Å². The summed E-state index contributed by atoms with van der Waals surface area (Å²) in [5.41, 5.74) is 1.85. The van der Waals surface area contributed by atoms with Gasteiger partial charge in [0.25, 0.3) is 0 Å². The fourth-order valence-electron chi connectivity index (χ4n) is 3.30. The standard InChI is InChI=1S/C20H19FN2O/c1-2-15-6-5-7-18(14-15)22-19(24)23-20(12-3-4-13-20)16-8-10-17(21)11-9-16/h1,5-11,14H,3-4,12-13H2,(H2,22,23,24). The van der Waals surface area contributed by atoms with Crippen LogP contribution in [0.5, 0.6) is 0 Å². The number of terminal acetylenes is 1. The Labute approximate surface area is 141 Å². The van der Waals surface area contributed by atoms with Gasteiger partial charge in [-0.25, -0.2) is 9.18 Å². The molecule has 2 N–H and O–H groups in total. The van der Waals surface area contributed by atoms with E-state index in [1.54, 1.807) is 36.4 Å². The van der Waals surface area contributed by atoms with Crippen molar-refractivity contribution in [3.05, 3.63) is 65.5 Å². The summed E-state index contributed by atoms with van der Waals surface area (Å²) in [5, 5.41) is 5.92. The van der Waals surface area contributed by atoms with Crippen LogP contribution < -0.4 is 10.6 Å². The van der Waals surface area contributed by atoms with Crippen LogP contribution in [-0.2, 0) is 5.54 Å². The van der Waals surface area contributed by atoms with Crippen molar-refractivity contribution >= 4 is 11.7 Å². The van der Waals surface area contributed by atoms with E-state index in [9.17, 15) is 9.18 Å². The van der Waals surface area contributed by atoms with Crippen molar-refractivity contribution < 1.29 is 9.18 Å². The Balaban J connectivity index is 1.77. The molecule has 24 heavy (non-hydrogen) atoms. The highest BCUT2D eigenvalue weighted by Crippen LogP contribution is 2.38. The Bertz CT molecular complexity index is 771. The molecule has 0 heterocycles.